The minimum Gasteiger partial charge on any atom is -0.340 e. The van der Waals surface area contributed by atoms with Gasteiger partial charge in [-0.25, -0.2) is 0 Å². The summed E-state index contributed by atoms with van der Waals surface area (Å²) in [5.74, 6) is 0.0844. The summed E-state index contributed by atoms with van der Waals surface area (Å²) >= 11 is 0. The van der Waals surface area contributed by atoms with Gasteiger partial charge in [-0.1, -0.05) is 13.8 Å². The van der Waals surface area contributed by atoms with Crippen LogP contribution >= 0.6 is 0 Å². The van der Waals surface area contributed by atoms with Gasteiger partial charge >= 0.3 is 0 Å². The molecular formula is C11H25N3O. The minimum atomic E-state index is -0.335. The molecule has 0 bridgehead atoms. The summed E-state index contributed by atoms with van der Waals surface area (Å²) in [5, 5.41) is 0. The summed E-state index contributed by atoms with van der Waals surface area (Å²) < 4.78 is 0. The second-order valence-electron chi connectivity index (χ2n) is 4.14. The topological polar surface area (TPSA) is 49.6 Å². The van der Waals surface area contributed by atoms with Crippen molar-refractivity contribution >= 4 is 5.91 Å². The lowest BCUT2D eigenvalue weighted by Gasteiger charge is -2.26. The lowest BCUT2D eigenvalue weighted by molar-refractivity contribution is -0.132. The molecular weight excluding hydrogens is 190 g/mol. The van der Waals surface area contributed by atoms with Crippen LogP contribution in [0.15, 0.2) is 0 Å². The van der Waals surface area contributed by atoms with E-state index < -0.39 is 0 Å². The van der Waals surface area contributed by atoms with Crippen LogP contribution in [0, 0.1) is 0 Å². The van der Waals surface area contributed by atoms with Gasteiger partial charge in [-0.2, -0.15) is 0 Å². The molecule has 0 aliphatic heterocycles. The highest BCUT2D eigenvalue weighted by atomic mass is 16.2. The molecule has 4 nitrogen and oxygen atoms in total. The fraction of sp³-hybridized carbons (Fsp3) is 0.909. The molecule has 0 saturated heterocycles. The maximum atomic E-state index is 11.9. The standard InChI is InChI=1S/C11H25N3O/c1-5-7-14(9-8-13(3)4)11(15)10(12)6-2/h10H,5-9,12H2,1-4H3/t10-/m1/s1. The van der Waals surface area contributed by atoms with Gasteiger partial charge in [0.1, 0.15) is 0 Å². The van der Waals surface area contributed by atoms with Crippen LogP contribution in [0.3, 0.4) is 0 Å². The molecule has 1 amide bonds. The predicted octanol–water partition coefficient (Wildman–Crippen LogP) is 0.524. The minimum absolute atomic E-state index is 0.0844. The molecule has 0 aliphatic rings. The summed E-state index contributed by atoms with van der Waals surface area (Å²) in [5.41, 5.74) is 5.75. The number of carbonyl (C=O) groups is 1. The average Bonchev–Trinajstić information content (AvgIpc) is 2.21. The van der Waals surface area contributed by atoms with E-state index in [1.807, 2.05) is 25.9 Å². The van der Waals surface area contributed by atoms with E-state index in [0.29, 0.717) is 6.42 Å². The molecule has 0 radical (unpaired) electrons. The van der Waals surface area contributed by atoms with Crippen LogP contribution in [0.25, 0.3) is 0 Å². The Bertz CT molecular complexity index is 183. The maximum absolute atomic E-state index is 11.9. The smallest absolute Gasteiger partial charge is 0.239 e. The average molecular weight is 215 g/mol. The number of rotatable bonds is 7. The lowest BCUT2D eigenvalue weighted by Crippen LogP contribution is -2.46. The van der Waals surface area contributed by atoms with Crippen LogP contribution in [-0.2, 0) is 4.79 Å². The third-order valence-electron chi connectivity index (χ3n) is 2.38. The first-order valence-electron chi connectivity index (χ1n) is 5.72. The molecule has 0 heterocycles. The number of hydrogen-bond donors (Lipinski definition) is 1. The molecule has 0 aromatic rings. The summed E-state index contributed by atoms with van der Waals surface area (Å²) in [4.78, 5) is 15.8. The van der Waals surface area contributed by atoms with Crippen molar-refractivity contribution in [3.63, 3.8) is 0 Å². The Hall–Kier alpha value is -0.610. The van der Waals surface area contributed by atoms with Crippen molar-refractivity contribution in [1.82, 2.24) is 9.80 Å². The Morgan fingerprint density at radius 1 is 1.20 bits per heavy atom. The Morgan fingerprint density at radius 3 is 2.20 bits per heavy atom. The highest BCUT2D eigenvalue weighted by Gasteiger charge is 2.18. The molecule has 0 spiro atoms. The van der Waals surface area contributed by atoms with Crippen LogP contribution in [0.1, 0.15) is 26.7 Å². The maximum Gasteiger partial charge on any atom is 0.239 e. The molecule has 0 aromatic carbocycles. The van der Waals surface area contributed by atoms with Crippen molar-refractivity contribution in [3.05, 3.63) is 0 Å². The number of nitrogens with zero attached hydrogens (tertiary/aromatic N) is 2. The van der Waals surface area contributed by atoms with Gasteiger partial charge in [0.2, 0.25) is 5.91 Å². The van der Waals surface area contributed by atoms with Gasteiger partial charge in [-0.3, -0.25) is 4.79 Å². The van der Waals surface area contributed by atoms with Crippen molar-refractivity contribution in [2.75, 3.05) is 33.7 Å². The fourth-order valence-electron chi connectivity index (χ4n) is 1.33. The zero-order valence-electron chi connectivity index (χ0n) is 10.5. The van der Waals surface area contributed by atoms with Crippen LogP contribution < -0.4 is 5.73 Å². The van der Waals surface area contributed by atoms with Gasteiger partial charge in [0.05, 0.1) is 6.04 Å². The van der Waals surface area contributed by atoms with E-state index in [4.69, 9.17) is 5.73 Å². The first kappa shape index (κ1) is 14.4. The Labute approximate surface area is 93.4 Å². The number of nitrogens with two attached hydrogens (primary N) is 1. The van der Waals surface area contributed by atoms with E-state index >= 15 is 0 Å². The molecule has 0 aliphatic carbocycles. The van der Waals surface area contributed by atoms with Crippen molar-refractivity contribution < 1.29 is 4.79 Å². The highest BCUT2D eigenvalue weighted by Crippen LogP contribution is 1.99. The van der Waals surface area contributed by atoms with Crippen LogP contribution in [0.4, 0.5) is 0 Å². The van der Waals surface area contributed by atoms with Gasteiger partial charge in [-0.05, 0) is 26.9 Å². The zero-order valence-corrected chi connectivity index (χ0v) is 10.5. The Balaban J connectivity index is 4.18. The molecule has 15 heavy (non-hydrogen) atoms. The third kappa shape index (κ3) is 5.74. The van der Waals surface area contributed by atoms with Gasteiger partial charge in [0, 0.05) is 19.6 Å². The summed E-state index contributed by atoms with van der Waals surface area (Å²) in [6.07, 6.45) is 1.69. The SMILES string of the molecule is CCCN(CCN(C)C)C(=O)[C@H](N)CC. The molecule has 90 valence electrons. The van der Waals surface area contributed by atoms with Crippen LogP contribution in [-0.4, -0.2) is 55.5 Å². The van der Waals surface area contributed by atoms with Crippen molar-refractivity contribution in [2.24, 2.45) is 5.73 Å². The first-order valence-corrected chi connectivity index (χ1v) is 5.72. The van der Waals surface area contributed by atoms with Crippen molar-refractivity contribution in [2.45, 2.75) is 32.7 Å². The van der Waals surface area contributed by atoms with Crippen molar-refractivity contribution in [1.29, 1.82) is 0 Å². The number of hydrogen-bond acceptors (Lipinski definition) is 3. The number of likely N-dealkylation sites (N-methyl/N-ethyl adjacent to an activating group) is 1. The first-order chi connectivity index (χ1) is 7.02. The molecule has 2 N–H and O–H groups in total. The highest BCUT2D eigenvalue weighted by molar-refractivity contribution is 5.81. The molecule has 0 rings (SSSR count). The summed E-state index contributed by atoms with van der Waals surface area (Å²) in [6.45, 7) is 6.49. The largest absolute Gasteiger partial charge is 0.340 e. The Kier molecular flexibility index (Phi) is 7.34. The summed E-state index contributed by atoms with van der Waals surface area (Å²) in [6, 6.07) is -0.335. The van der Waals surface area contributed by atoms with E-state index in [0.717, 1.165) is 26.1 Å². The van der Waals surface area contributed by atoms with Gasteiger partial charge in [0.15, 0.2) is 0 Å². The number of amides is 1. The van der Waals surface area contributed by atoms with Gasteiger partial charge < -0.3 is 15.5 Å². The predicted molar refractivity (Wildman–Crippen MR) is 63.7 cm³/mol. The molecule has 0 aromatic heterocycles. The second kappa shape index (κ2) is 7.65. The van der Waals surface area contributed by atoms with E-state index in [2.05, 4.69) is 11.8 Å². The molecule has 0 unspecified atom stereocenters. The zero-order chi connectivity index (χ0) is 11.8. The van der Waals surface area contributed by atoms with Crippen LogP contribution in [0.2, 0.25) is 0 Å². The van der Waals surface area contributed by atoms with E-state index in [-0.39, 0.29) is 11.9 Å². The molecule has 4 heteroatoms. The Morgan fingerprint density at radius 2 is 1.80 bits per heavy atom. The number of carbonyl (C=O) groups excluding carboxylic acids is 1. The lowest BCUT2D eigenvalue weighted by atomic mass is 10.2. The van der Waals surface area contributed by atoms with Crippen molar-refractivity contribution in [3.8, 4) is 0 Å². The molecule has 0 fully saturated rings. The van der Waals surface area contributed by atoms with Gasteiger partial charge in [0.25, 0.3) is 0 Å². The quantitative estimate of drug-likeness (QED) is 0.674. The third-order valence-corrected chi connectivity index (χ3v) is 2.38. The fourth-order valence-corrected chi connectivity index (χ4v) is 1.33. The molecule has 0 saturated carbocycles. The monoisotopic (exact) mass is 215 g/mol. The van der Waals surface area contributed by atoms with E-state index in [1.54, 1.807) is 0 Å². The molecule has 1 atom stereocenters. The summed E-state index contributed by atoms with van der Waals surface area (Å²) in [7, 11) is 4.02. The van der Waals surface area contributed by atoms with E-state index in [1.165, 1.54) is 0 Å². The van der Waals surface area contributed by atoms with E-state index in [9.17, 15) is 4.79 Å². The van der Waals surface area contributed by atoms with Crippen LogP contribution in [0.5, 0.6) is 0 Å². The van der Waals surface area contributed by atoms with Gasteiger partial charge in [-0.15, -0.1) is 0 Å². The second-order valence-corrected chi connectivity index (χ2v) is 4.14. The normalized spacial score (nSPS) is 12.9.